The topological polar surface area (TPSA) is 3.88 Å². The number of hydrogen-bond donors (Lipinski definition) is 0. The van der Waals surface area contributed by atoms with E-state index in [2.05, 4.69) is 120 Å². The first-order chi connectivity index (χ1) is 15.5. The molecule has 0 aliphatic rings. The first-order valence-electron chi connectivity index (χ1n) is 11.8. The van der Waals surface area contributed by atoms with E-state index in [4.69, 9.17) is 0 Å². The summed E-state index contributed by atoms with van der Waals surface area (Å²) < 4.78 is 5.29. The van der Waals surface area contributed by atoms with Crippen molar-refractivity contribution >= 4 is 44.7 Å². The number of hydrogen-bond acceptors (Lipinski definition) is 0. The molecule has 5 aromatic rings. The van der Waals surface area contributed by atoms with Crippen molar-refractivity contribution < 1.29 is 4.57 Å². The van der Waals surface area contributed by atoms with Gasteiger partial charge in [0.1, 0.15) is 0 Å². The van der Waals surface area contributed by atoms with Crippen LogP contribution in [-0.2, 0) is 11.8 Å². The van der Waals surface area contributed by atoms with Gasteiger partial charge in [0.05, 0.1) is 0 Å². The van der Waals surface area contributed by atoms with Crippen molar-refractivity contribution in [3.05, 3.63) is 83.6 Å². The molecule has 0 radical (unpaired) electrons. The molecule has 0 N–H and O–H groups in total. The van der Waals surface area contributed by atoms with E-state index >= 15 is 0 Å². The molecule has 3 aromatic carbocycles. The van der Waals surface area contributed by atoms with Crippen molar-refractivity contribution in [1.29, 1.82) is 0 Å². The molecule has 0 fully saturated rings. The third kappa shape index (κ3) is 4.05. The van der Waals surface area contributed by atoms with Gasteiger partial charge in [-0.15, -0.1) is 0 Å². The number of aryl methyl sites for hydroxylation is 1. The van der Waals surface area contributed by atoms with Gasteiger partial charge in [-0.3, -0.25) is 0 Å². The Bertz CT molecular complexity index is 1510. The van der Waals surface area contributed by atoms with Gasteiger partial charge in [0.25, 0.3) is 0 Å². The van der Waals surface area contributed by atoms with Gasteiger partial charge < -0.3 is 0 Å². The Balaban J connectivity index is 1.78. The van der Waals surface area contributed by atoms with Crippen molar-refractivity contribution in [2.24, 2.45) is 5.41 Å². The van der Waals surface area contributed by atoms with Gasteiger partial charge in [-0.05, 0) is 0 Å². The summed E-state index contributed by atoms with van der Waals surface area (Å²) in [5.74, 6) is 0. The SMILES string of the molecule is Cc1c(CC(C)(C)C)ccc2c1[se]c1c2cc[c-][n+]1-c1cc(C(C)(C)C)c2ccccc2c1. The predicted molar refractivity (Wildman–Crippen MR) is 143 cm³/mol. The molecule has 5 rings (SSSR count). The zero-order valence-electron chi connectivity index (χ0n) is 20.8. The maximum atomic E-state index is 3.57. The molecular formula is C31H33NSe. The molecule has 0 spiro atoms. The Morgan fingerprint density at radius 1 is 0.848 bits per heavy atom. The molecule has 0 saturated carbocycles. The maximum absolute atomic E-state index is 3.57. The first kappa shape index (κ1) is 22.4. The van der Waals surface area contributed by atoms with Crippen LogP contribution in [0.25, 0.3) is 35.9 Å². The van der Waals surface area contributed by atoms with Crippen LogP contribution in [0.3, 0.4) is 0 Å². The van der Waals surface area contributed by atoms with Crippen LogP contribution in [0.5, 0.6) is 0 Å². The number of benzene rings is 3. The van der Waals surface area contributed by atoms with Gasteiger partial charge >= 0.3 is 204 Å². The van der Waals surface area contributed by atoms with Crippen molar-refractivity contribution in [2.45, 2.75) is 60.3 Å². The van der Waals surface area contributed by atoms with Gasteiger partial charge in [-0.25, -0.2) is 0 Å². The van der Waals surface area contributed by atoms with Crippen molar-refractivity contribution in [1.82, 2.24) is 0 Å². The molecule has 168 valence electrons. The summed E-state index contributed by atoms with van der Waals surface area (Å²) in [7, 11) is 0. The van der Waals surface area contributed by atoms with Crippen molar-refractivity contribution in [2.75, 3.05) is 0 Å². The van der Waals surface area contributed by atoms with Crippen molar-refractivity contribution in [3.63, 3.8) is 0 Å². The molecule has 1 nitrogen and oxygen atoms in total. The normalized spacial score (nSPS) is 12.8. The van der Waals surface area contributed by atoms with Gasteiger partial charge in [0.15, 0.2) is 0 Å². The fourth-order valence-electron chi connectivity index (χ4n) is 4.92. The minimum absolute atomic E-state index is 0.0701. The van der Waals surface area contributed by atoms with Gasteiger partial charge in [-0.1, -0.05) is 0 Å². The summed E-state index contributed by atoms with van der Waals surface area (Å²) in [5.41, 5.74) is 5.95. The van der Waals surface area contributed by atoms with Crippen LogP contribution >= 0.6 is 0 Å². The zero-order valence-corrected chi connectivity index (χ0v) is 22.5. The van der Waals surface area contributed by atoms with E-state index in [9.17, 15) is 0 Å². The third-order valence-electron chi connectivity index (χ3n) is 6.53. The third-order valence-corrected chi connectivity index (χ3v) is 9.31. The van der Waals surface area contributed by atoms with Crippen LogP contribution < -0.4 is 4.57 Å². The van der Waals surface area contributed by atoms with Crippen LogP contribution in [0.4, 0.5) is 0 Å². The molecule has 2 heteroatoms. The van der Waals surface area contributed by atoms with Crippen molar-refractivity contribution in [3.8, 4) is 5.69 Å². The van der Waals surface area contributed by atoms with E-state index < -0.39 is 0 Å². The average molecular weight is 499 g/mol. The van der Waals surface area contributed by atoms with E-state index in [1.54, 1.807) is 4.26 Å². The first-order valence-corrected chi connectivity index (χ1v) is 13.6. The van der Waals surface area contributed by atoms with Crippen LogP contribution in [0.2, 0.25) is 0 Å². The number of aromatic nitrogens is 1. The average Bonchev–Trinajstić information content (AvgIpc) is 3.13. The molecule has 2 heterocycles. The second-order valence-electron chi connectivity index (χ2n) is 11.5. The van der Waals surface area contributed by atoms with Crippen LogP contribution in [0, 0.1) is 18.5 Å². The molecular weight excluding hydrogens is 465 g/mol. The standard InChI is InChI=1S/C31H33NSe/c1-20-22(19-30(2,3)4)14-15-25-26-13-10-16-32(29(26)33-28(20)25)23-17-21-11-8-9-12-24(21)27(18-23)31(5,6)7/h8-15,17-18H,19H2,1-7H3. The summed E-state index contributed by atoms with van der Waals surface area (Å²) in [5, 5.41) is 5.43. The summed E-state index contributed by atoms with van der Waals surface area (Å²) in [6.07, 6.45) is 4.68. The number of fused-ring (bicyclic) bond motifs is 4. The second-order valence-corrected chi connectivity index (χ2v) is 13.6. The predicted octanol–water partition coefficient (Wildman–Crippen LogP) is 7.47. The van der Waals surface area contributed by atoms with Crippen LogP contribution in [0.15, 0.2) is 60.7 Å². The number of nitrogens with zero attached hydrogens (tertiary/aromatic N) is 1. The number of rotatable bonds is 2. The van der Waals surface area contributed by atoms with E-state index in [-0.39, 0.29) is 19.9 Å². The zero-order chi connectivity index (χ0) is 23.5. The molecule has 2 aromatic heterocycles. The second kappa shape index (κ2) is 7.83. The summed E-state index contributed by atoms with van der Waals surface area (Å²) in [6, 6.07) is 22.6. The minimum atomic E-state index is 0.0701. The van der Waals surface area contributed by atoms with E-state index in [0.29, 0.717) is 5.41 Å². The van der Waals surface area contributed by atoms with E-state index in [1.807, 2.05) is 0 Å². The van der Waals surface area contributed by atoms with E-state index in [0.717, 1.165) is 6.42 Å². The molecule has 0 atom stereocenters. The molecule has 0 bridgehead atoms. The molecule has 0 unspecified atom stereocenters. The summed E-state index contributed by atoms with van der Waals surface area (Å²) >= 11 is 0.258. The molecule has 0 aliphatic heterocycles. The Kier molecular flexibility index (Phi) is 5.31. The van der Waals surface area contributed by atoms with Crippen LogP contribution in [0.1, 0.15) is 58.2 Å². The fraction of sp³-hybridized carbons (Fsp3) is 0.323. The molecule has 33 heavy (non-hydrogen) atoms. The van der Waals surface area contributed by atoms with Gasteiger partial charge in [0.2, 0.25) is 0 Å². The van der Waals surface area contributed by atoms with Gasteiger partial charge in [-0.2, -0.15) is 0 Å². The summed E-state index contributed by atoms with van der Waals surface area (Å²) in [6.45, 7) is 16.2. The van der Waals surface area contributed by atoms with Gasteiger partial charge in [0, 0.05) is 0 Å². The Morgan fingerprint density at radius 2 is 1.61 bits per heavy atom. The van der Waals surface area contributed by atoms with Crippen LogP contribution in [-0.4, -0.2) is 14.5 Å². The Hall–Kier alpha value is -2.41. The number of pyridine rings is 1. The Morgan fingerprint density at radius 3 is 2.33 bits per heavy atom. The molecule has 0 aliphatic carbocycles. The quantitative estimate of drug-likeness (QED) is 0.135. The van der Waals surface area contributed by atoms with E-state index in [1.165, 1.54) is 48.3 Å². The Labute approximate surface area is 203 Å². The fourth-order valence-corrected chi connectivity index (χ4v) is 7.66. The molecule has 0 saturated heterocycles. The monoisotopic (exact) mass is 499 g/mol. The summed E-state index contributed by atoms with van der Waals surface area (Å²) in [4.78, 5) is 0. The molecule has 0 amide bonds.